The van der Waals surface area contributed by atoms with Crippen molar-refractivity contribution in [3.8, 4) is 0 Å². The maximum atomic E-state index is 13.9. The van der Waals surface area contributed by atoms with E-state index in [2.05, 4.69) is 5.32 Å². The molecule has 1 saturated heterocycles. The molecule has 4 aliphatic rings. The molecule has 0 aromatic heterocycles. The van der Waals surface area contributed by atoms with Gasteiger partial charge in [-0.25, -0.2) is 0 Å². The van der Waals surface area contributed by atoms with Crippen LogP contribution in [-0.2, 0) is 24.1 Å². The Labute approximate surface area is 227 Å². The van der Waals surface area contributed by atoms with Crippen LogP contribution in [0.5, 0.6) is 0 Å². The maximum Gasteiger partial charge on any atom is 0.247 e. The van der Waals surface area contributed by atoms with E-state index >= 15 is 0 Å². The summed E-state index contributed by atoms with van der Waals surface area (Å²) in [4.78, 5) is 39.5. The van der Waals surface area contributed by atoms with Gasteiger partial charge < -0.3 is 5.32 Å². The number of carbonyl (C=O) groups excluding carboxylic acids is 3. The van der Waals surface area contributed by atoms with Crippen molar-refractivity contribution in [1.82, 2.24) is 4.90 Å². The first-order valence-corrected chi connectivity index (χ1v) is 12.8. The number of anilines is 1. The van der Waals surface area contributed by atoms with E-state index in [1.54, 1.807) is 12.1 Å². The van der Waals surface area contributed by atoms with Gasteiger partial charge in [0.1, 0.15) is 15.8 Å². The average Bonchev–Trinajstić information content (AvgIpc) is 3.15. The minimum atomic E-state index is -1.30. The van der Waals surface area contributed by atoms with Crippen LogP contribution >= 0.6 is 46.4 Å². The van der Waals surface area contributed by atoms with Crippen molar-refractivity contribution < 1.29 is 14.4 Å². The number of nitrogens with one attached hydrogen (secondary N) is 1. The van der Waals surface area contributed by atoms with E-state index in [0.29, 0.717) is 33.0 Å². The van der Waals surface area contributed by atoms with E-state index in [-0.39, 0.29) is 5.02 Å². The molecule has 0 spiro atoms. The minimum absolute atomic E-state index is 0.265. The number of halogens is 4. The molecule has 1 fully saturated rings. The second-order valence-corrected chi connectivity index (χ2v) is 11.3. The molecule has 3 aromatic rings. The second-order valence-electron chi connectivity index (χ2n) is 9.31. The highest BCUT2D eigenvalue weighted by Crippen LogP contribution is 2.69. The molecule has 3 amide bonds. The van der Waals surface area contributed by atoms with E-state index in [4.69, 9.17) is 46.4 Å². The summed E-state index contributed by atoms with van der Waals surface area (Å²) in [7, 11) is 0. The van der Waals surface area contributed by atoms with Crippen LogP contribution in [-0.4, -0.2) is 28.7 Å². The highest BCUT2D eigenvalue weighted by atomic mass is 35.5. The van der Waals surface area contributed by atoms with E-state index in [1.807, 2.05) is 48.5 Å². The van der Waals surface area contributed by atoms with Crippen LogP contribution in [0.1, 0.15) is 29.2 Å². The monoisotopic (exact) mass is 558 g/mol. The van der Waals surface area contributed by atoms with Crippen LogP contribution in [0.15, 0.2) is 66.7 Å². The van der Waals surface area contributed by atoms with Crippen molar-refractivity contribution in [2.75, 3.05) is 5.32 Å². The molecular weight excluding hydrogens is 542 g/mol. The van der Waals surface area contributed by atoms with Crippen molar-refractivity contribution >= 4 is 69.8 Å². The summed E-state index contributed by atoms with van der Waals surface area (Å²) in [5, 5.41) is 3.31. The Morgan fingerprint density at radius 2 is 1.25 bits per heavy atom. The Balaban J connectivity index is 1.43. The molecule has 3 aliphatic carbocycles. The minimum Gasteiger partial charge on any atom is -0.324 e. The fourth-order valence-electron chi connectivity index (χ4n) is 6.01. The van der Waals surface area contributed by atoms with Crippen LogP contribution in [0.25, 0.3) is 0 Å². The number of rotatable bonds is 3. The molecule has 3 atom stereocenters. The molecule has 2 bridgehead atoms. The fourth-order valence-corrected chi connectivity index (χ4v) is 7.40. The highest BCUT2D eigenvalue weighted by Gasteiger charge is 2.73. The largest absolute Gasteiger partial charge is 0.324 e. The van der Waals surface area contributed by atoms with Crippen molar-refractivity contribution in [2.45, 2.75) is 22.7 Å². The van der Waals surface area contributed by atoms with Gasteiger partial charge in [-0.1, -0.05) is 71.7 Å². The lowest BCUT2D eigenvalue weighted by atomic mass is 9.54. The number of benzene rings is 3. The maximum absolute atomic E-state index is 13.9. The van der Waals surface area contributed by atoms with E-state index in [0.717, 1.165) is 4.90 Å². The van der Waals surface area contributed by atoms with Crippen molar-refractivity contribution in [3.05, 3.63) is 99.0 Å². The van der Waals surface area contributed by atoms with E-state index in [1.165, 1.54) is 13.0 Å². The molecule has 1 heterocycles. The lowest BCUT2D eigenvalue weighted by Gasteiger charge is -2.54. The lowest BCUT2D eigenvalue weighted by molar-refractivity contribution is -0.146. The van der Waals surface area contributed by atoms with Crippen molar-refractivity contribution in [1.29, 1.82) is 0 Å². The first kappa shape index (κ1) is 23.8. The zero-order valence-corrected chi connectivity index (χ0v) is 21.8. The topological polar surface area (TPSA) is 66.5 Å². The van der Waals surface area contributed by atoms with Gasteiger partial charge in [-0.3, -0.25) is 19.3 Å². The molecule has 36 heavy (non-hydrogen) atoms. The molecule has 0 saturated carbocycles. The van der Waals surface area contributed by atoms with Gasteiger partial charge in [0.05, 0.1) is 21.9 Å². The summed E-state index contributed by atoms with van der Waals surface area (Å²) in [6, 6.07) is 18.3. The van der Waals surface area contributed by atoms with E-state index in [9.17, 15) is 14.4 Å². The Morgan fingerprint density at radius 3 is 1.67 bits per heavy atom. The SMILES string of the molecule is C[C@H](C(=O)Nc1ccc(Cl)c(Cl)c1)N1C(=O)[C@H]2[C@H](C1=O)C1(Cl)c3ccccc3C2(Cl)c2ccccc21. The van der Waals surface area contributed by atoms with Crippen molar-refractivity contribution in [3.63, 3.8) is 0 Å². The summed E-state index contributed by atoms with van der Waals surface area (Å²) in [6.45, 7) is 1.50. The first-order valence-electron chi connectivity index (χ1n) is 11.3. The molecule has 7 rings (SSSR count). The number of alkyl halides is 2. The highest BCUT2D eigenvalue weighted by molar-refractivity contribution is 6.42. The Hall–Kier alpha value is -2.57. The van der Waals surface area contributed by atoms with Crippen LogP contribution < -0.4 is 5.32 Å². The number of carbonyl (C=O) groups is 3. The normalized spacial score (nSPS) is 28.4. The predicted molar refractivity (Wildman–Crippen MR) is 140 cm³/mol. The Kier molecular flexibility index (Phi) is 5.27. The van der Waals surface area contributed by atoms with Crippen LogP contribution in [0.2, 0.25) is 10.0 Å². The van der Waals surface area contributed by atoms with Crippen molar-refractivity contribution in [2.24, 2.45) is 11.8 Å². The van der Waals surface area contributed by atoms with Gasteiger partial charge in [0.2, 0.25) is 17.7 Å². The molecule has 0 unspecified atom stereocenters. The molecule has 3 aromatic carbocycles. The van der Waals surface area contributed by atoms with Gasteiger partial charge >= 0.3 is 0 Å². The van der Waals surface area contributed by atoms with Crippen LogP contribution in [0, 0.1) is 11.8 Å². The number of imide groups is 1. The lowest BCUT2D eigenvalue weighted by Crippen LogP contribution is -2.57. The zero-order chi connectivity index (χ0) is 25.6. The number of nitrogens with zero attached hydrogens (tertiary/aromatic N) is 1. The van der Waals surface area contributed by atoms with Gasteiger partial charge in [-0.05, 0) is 47.4 Å². The molecule has 0 radical (unpaired) electrons. The molecule has 5 nitrogen and oxygen atoms in total. The van der Waals surface area contributed by atoms with Crippen LogP contribution in [0.4, 0.5) is 5.69 Å². The van der Waals surface area contributed by atoms with Gasteiger partial charge in [-0.2, -0.15) is 0 Å². The first-order chi connectivity index (χ1) is 17.1. The van der Waals surface area contributed by atoms with Crippen LogP contribution in [0.3, 0.4) is 0 Å². The Bertz CT molecular complexity index is 1370. The molecular formula is C27H18Cl4N2O3. The second kappa shape index (κ2) is 7.96. The smallest absolute Gasteiger partial charge is 0.247 e. The number of likely N-dealkylation sites (tertiary alicyclic amines) is 1. The molecule has 1 aliphatic heterocycles. The summed E-state index contributed by atoms with van der Waals surface area (Å²) in [5.74, 6) is -3.52. The fraction of sp³-hybridized carbons (Fsp3) is 0.222. The number of hydrogen-bond acceptors (Lipinski definition) is 3. The molecule has 1 N–H and O–H groups in total. The third-order valence-corrected chi connectivity index (χ3v) is 9.60. The predicted octanol–water partition coefficient (Wildman–Crippen LogP) is 5.91. The quantitative estimate of drug-likeness (QED) is 0.320. The number of hydrogen-bond donors (Lipinski definition) is 1. The molecule has 9 heteroatoms. The summed E-state index contributed by atoms with van der Waals surface area (Å²) in [6.07, 6.45) is 0. The van der Waals surface area contributed by atoms with Gasteiger partial charge in [0.15, 0.2) is 0 Å². The third-order valence-electron chi connectivity index (χ3n) is 7.57. The van der Waals surface area contributed by atoms with Gasteiger partial charge in [0, 0.05) is 5.69 Å². The average molecular weight is 560 g/mol. The number of amides is 3. The summed E-state index contributed by atoms with van der Waals surface area (Å²) in [5.41, 5.74) is 3.21. The van der Waals surface area contributed by atoms with E-state index < -0.39 is 45.3 Å². The Morgan fingerprint density at radius 1 is 0.806 bits per heavy atom. The standard InChI is InChI=1S/C27H18Cl4N2O3/c1-13(23(34)32-14-10-11-19(28)20(29)12-14)33-24(35)21-22(25(33)36)27(31)16-7-3-2-6-15(16)26(21,30)17-8-4-5-9-18(17)27/h2-13,21-22H,1H3,(H,32,34)/t13-,21-,22-,26?,27?/m1/s1. The summed E-state index contributed by atoms with van der Waals surface area (Å²) >= 11 is 26.8. The third kappa shape index (κ3) is 2.89. The molecule has 182 valence electrons. The zero-order valence-electron chi connectivity index (χ0n) is 18.8. The van der Waals surface area contributed by atoms with Gasteiger partial charge in [0.25, 0.3) is 0 Å². The summed E-state index contributed by atoms with van der Waals surface area (Å²) < 4.78 is 0. The van der Waals surface area contributed by atoms with Gasteiger partial charge in [-0.15, -0.1) is 23.2 Å².